The minimum absolute atomic E-state index is 1.02. The van der Waals surface area contributed by atoms with Crippen molar-refractivity contribution in [3.8, 4) is 0 Å². The molecule has 0 bridgehead atoms. The number of nitrogens with zero attached hydrogens (tertiary/aromatic N) is 2. The van der Waals surface area contributed by atoms with E-state index in [-0.39, 0.29) is 0 Å². The Labute approximate surface area is 71.3 Å². The first kappa shape index (κ1) is 7.22. The zero-order chi connectivity index (χ0) is 8.55. The van der Waals surface area contributed by atoms with Gasteiger partial charge in [-0.1, -0.05) is 6.07 Å². The maximum absolute atomic E-state index is 4.17. The van der Waals surface area contributed by atoms with Gasteiger partial charge in [-0.05, 0) is 31.0 Å². The average molecular weight is 158 g/mol. The molecule has 2 heteroatoms. The fourth-order valence-electron chi connectivity index (χ4n) is 1.30. The van der Waals surface area contributed by atoms with E-state index in [0.29, 0.717) is 0 Å². The lowest BCUT2D eigenvalue weighted by Gasteiger charge is -2.02. The van der Waals surface area contributed by atoms with Crippen LogP contribution < -0.4 is 0 Å². The molecule has 0 spiro atoms. The number of fused-ring (bicyclic) bond motifs is 1. The van der Waals surface area contributed by atoms with Crippen LogP contribution in [0.25, 0.3) is 10.9 Å². The van der Waals surface area contributed by atoms with Gasteiger partial charge in [0.15, 0.2) is 0 Å². The molecule has 2 nitrogen and oxygen atoms in total. The third kappa shape index (κ3) is 0.961. The van der Waals surface area contributed by atoms with Gasteiger partial charge in [0.05, 0.1) is 5.52 Å². The van der Waals surface area contributed by atoms with Crippen LogP contribution in [0.2, 0.25) is 0 Å². The largest absolute Gasteiger partial charge is 0.244 e. The summed E-state index contributed by atoms with van der Waals surface area (Å²) in [5, 5.41) is 1.15. The Bertz CT molecular complexity index is 421. The summed E-state index contributed by atoms with van der Waals surface area (Å²) in [5.41, 5.74) is 3.58. The van der Waals surface area contributed by atoms with E-state index in [1.807, 2.05) is 12.3 Å². The molecule has 0 aliphatic heterocycles. The summed E-state index contributed by atoms with van der Waals surface area (Å²) >= 11 is 0. The molecule has 0 aliphatic carbocycles. The van der Waals surface area contributed by atoms with Crippen molar-refractivity contribution in [1.29, 1.82) is 0 Å². The molecule has 1 aromatic heterocycles. The van der Waals surface area contributed by atoms with Gasteiger partial charge in [0.1, 0.15) is 6.33 Å². The summed E-state index contributed by atoms with van der Waals surface area (Å²) in [6.45, 7) is 4.20. The Kier molecular flexibility index (Phi) is 1.54. The third-order valence-electron chi connectivity index (χ3n) is 2.23. The van der Waals surface area contributed by atoms with E-state index in [1.165, 1.54) is 11.1 Å². The van der Waals surface area contributed by atoms with E-state index in [2.05, 4.69) is 29.9 Å². The maximum atomic E-state index is 4.17. The second kappa shape index (κ2) is 2.55. The van der Waals surface area contributed by atoms with Crippen LogP contribution in [0.15, 0.2) is 24.7 Å². The number of aromatic nitrogens is 2. The Morgan fingerprint density at radius 2 is 2.00 bits per heavy atom. The highest BCUT2D eigenvalue weighted by Gasteiger charge is 1.99. The molecule has 12 heavy (non-hydrogen) atoms. The van der Waals surface area contributed by atoms with Gasteiger partial charge in [0.2, 0.25) is 0 Å². The van der Waals surface area contributed by atoms with Crippen molar-refractivity contribution in [3.63, 3.8) is 0 Å². The lowest BCUT2D eigenvalue weighted by Crippen LogP contribution is -1.86. The smallest absolute Gasteiger partial charge is 0.116 e. The molecule has 0 N–H and O–H groups in total. The minimum atomic E-state index is 1.02. The first-order chi connectivity index (χ1) is 5.79. The van der Waals surface area contributed by atoms with Gasteiger partial charge < -0.3 is 0 Å². The zero-order valence-electron chi connectivity index (χ0n) is 7.20. The van der Waals surface area contributed by atoms with Crippen molar-refractivity contribution in [2.75, 3.05) is 0 Å². The van der Waals surface area contributed by atoms with E-state index in [0.717, 1.165) is 10.9 Å². The van der Waals surface area contributed by atoms with Crippen molar-refractivity contribution >= 4 is 10.9 Å². The fraction of sp³-hybridized carbons (Fsp3) is 0.200. The van der Waals surface area contributed by atoms with E-state index in [9.17, 15) is 0 Å². The number of hydrogen-bond acceptors (Lipinski definition) is 2. The topological polar surface area (TPSA) is 25.8 Å². The summed E-state index contributed by atoms with van der Waals surface area (Å²) in [6, 6.07) is 4.12. The Hall–Kier alpha value is -1.44. The van der Waals surface area contributed by atoms with Crippen LogP contribution in [0.1, 0.15) is 11.1 Å². The van der Waals surface area contributed by atoms with E-state index in [4.69, 9.17) is 0 Å². The molecular formula is C10H10N2. The summed E-state index contributed by atoms with van der Waals surface area (Å²) in [6.07, 6.45) is 3.45. The van der Waals surface area contributed by atoms with Crippen LogP contribution in [0, 0.1) is 13.8 Å². The normalized spacial score (nSPS) is 10.5. The molecule has 1 heterocycles. The van der Waals surface area contributed by atoms with E-state index in [1.54, 1.807) is 6.33 Å². The highest BCUT2D eigenvalue weighted by atomic mass is 14.8. The van der Waals surface area contributed by atoms with Gasteiger partial charge >= 0.3 is 0 Å². The average Bonchev–Trinajstić information content (AvgIpc) is 2.12. The summed E-state index contributed by atoms with van der Waals surface area (Å²) < 4.78 is 0. The number of rotatable bonds is 0. The predicted molar refractivity (Wildman–Crippen MR) is 49.0 cm³/mol. The molecule has 0 radical (unpaired) electrons. The lowest BCUT2D eigenvalue weighted by atomic mass is 10.1. The van der Waals surface area contributed by atoms with Gasteiger partial charge in [-0.2, -0.15) is 0 Å². The monoisotopic (exact) mass is 158 g/mol. The molecule has 0 saturated heterocycles. The lowest BCUT2D eigenvalue weighted by molar-refractivity contribution is 1.21. The fourth-order valence-corrected chi connectivity index (χ4v) is 1.30. The van der Waals surface area contributed by atoms with Crippen molar-refractivity contribution < 1.29 is 0 Å². The molecule has 60 valence electrons. The summed E-state index contributed by atoms with van der Waals surface area (Å²) in [5.74, 6) is 0. The number of aryl methyl sites for hydroxylation is 2. The standard InChI is InChI=1S/C10H10N2/c1-7-3-4-10-9(8(7)2)5-11-6-12-10/h3-6H,1-2H3. The van der Waals surface area contributed by atoms with E-state index >= 15 is 0 Å². The molecule has 2 rings (SSSR count). The maximum Gasteiger partial charge on any atom is 0.116 e. The molecular weight excluding hydrogens is 148 g/mol. The van der Waals surface area contributed by atoms with Gasteiger partial charge in [-0.3, -0.25) is 0 Å². The summed E-state index contributed by atoms with van der Waals surface area (Å²) in [4.78, 5) is 8.18. The van der Waals surface area contributed by atoms with Crippen LogP contribution >= 0.6 is 0 Å². The molecule has 1 aromatic carbocycles. The van der Waals surface area contributed by atoms with Crippen molar-refractivity contribution in [3.05, 3.63) is 35.8 Å². The molecule has 0 fully saturated rings. The zero-order valence-corrected chi connectivity index (χ0v) is 7.20. The Morgan fingerprint density at radius 1 is 1.17 bits per heavy atom. The molecule has 0 unspecified atom stereocenters. The number of hydrogen-bond donors (Lipinski definition) is 0. The second-order valence-electron chi connectivity index (χ2n) is 2.96. The van der Waals surface area contributed by atoms with Gasteiger partial charge in [-0.15, -0.1) is 0 Å². The van der Waals surface area contributed by atoms with Gasteiger partial charge in [-0.25, -0.2) is 9.97 Å². The van der Waals surface area contributed by atoms with Crippen molar-refractivity contribution in [1.82, 2.24) is 9.97 Å². The molecule has 0 amide bonds. The highest BCUT2D eigenvalue weighted by Crippen LogP contribution is 2.17. The Morgan fingerprint density at radius 3 is 2.83 bits per heavy atom. The first-order valence-electron chi connectivity index (χ1n) is 3.95. The predicted octanol–water partition coefficient (Wildman–Crippen LogP) is 2.25. The van der Waals surface area contributed by atoms with Gasteiger partial charge in [0, 0.05) is 11.6 Å². The molecule has 2 aromatic rings. The van der Waals surface area contributed by atoms with Crippen molar-refractivity contribution in [2.45, 2.75) is 13.8 Å². The molecule has 0 saturated carbocycles. The molecule has 0 atom stereocenters. The SMILES string of the molecule is Cc1ccc2ncncc2c1C. The van der Waals surface area contributed by atoms with Crippen LogP contribution in [0.5, 0.6) is 0 Å². The van der Waals surface area contributed by atoms with Crippen molar-refractivity contribution in [2.24, 2.45) is 0 Å². The number of benzene rings is 1. The first-order valence-corrected chi connectivity index (χ1v) is 3.95. The quantitative estimate of drug-likeness (QED) is 0.587. The Balaban J connectivity index is 2.91. The van der Waals surface area contributed by atoms with Gasteiger partial charge in [0.25, 0.3) is 0 Å². The van der Waals surface area contributed by atoms with Crippen LogP contribution in [0.4, 0.5) is 0 Å². The second-order valence-corrected chi connectivity index (χ2v) is 2.96. The minimum Gasteiger partial charge on any atom is -0.244 e. The summed E-state index contributed by atoms with van der Waals surface area (Å²) in [7, 11) is 0. The van der Waals surface area contributed by atoms with Crippen LogP contribution in [-0.2, 0) is 0 Å². The third-order valence-corrected chi connectivity index (χ3v) is 2.23. The molecule has 0 aliphatic rings. The van der Waals surface area contributed by atoms with Crippen LogP contribution in [-0.4, -0.2) is 9.97 Å². The highest BCUT2D eigenvalue weighted by molar-refractivity contribution is 5.81. The van der Waals surface area contributed by atoms with E-state index < -0.39 is 0 Å². The van der Waals surface area contributed by atoms with Crippen LogP contribution in [0.3, 0.4) is 0 Å².